The first-order chi connectivity index (χ1) is 10.1. The summed E-state index contributed by atoms with van der Waals surface area (Å²) in [5, 5.41) is 2.87. The van der Waals surface area contributed by atoms with Gasteiger partial charge in [0, 0.05) is 34.0 Å². The summed E-state index contributed by atoms with van der Waals surface area (Å²) in [4.78, 5) is 20.2. The number of carbonyl (C=O) groups is 1. The van der Waals surface area contributed by atoms with Gasteiger partial charge in [0.25, 0.3) is 0 Å². The Hall–Kier alpha value is -0.750. The Bertz CT molecular complexity index is 689. The Labute approximate surface area is 140 Å². The monoisotopic (exact) mass is 356 g/mol. The van der Waals surface area contributed by atoms with E-state index in [4.69, 9.17) is 23.2 Å². The zero-order chi connectivity index (χ0) is 14.8. The molecule has 21 heavy (non-hydrogen) atoms. The minimum absolute atomic E-state index is 0.222. The lowest BCUT2D eigenvalue weighted by molar-refractivity contribution is -0.116. The lowest BCUT2D eigenvalue weighted by atomic mass is 10.2. The third kappa shape index (κ3) is 3.54. The number of halogens is 2. The Balaban J connectivity index is 1.76. The predicted octanol–water partition coefficient (Wildman–Crippen LogP) is 4.29. The highest BCUT2D eigenvalue weighted by molar-refractivity contribution is 8.00. The van der Waals surface area contributed by atoms with Crippen LogP contribution in [0.4, 0.5) is 0 Å². The molecule has 0 atom stereocenters. The van der Waals surface area contributed by atoms with Gasteiger partial charge in [0.1, 0.15) is 10.8 Å². The summed E-state index contributed by atoms with van der Waals surface area (Å²) >= 11 is 15.3. The lowest BCUT2D eigenvalue weighted by Crippen LogP contribution is -2.13. The van der Waals surface area contributed by atoms with Crippen LogP contribution in [0.3, 0.4) is 0 Å². The summed E-state index contributed by atoms with van der Waals surface area (Å²) in [6, 6.07) is 5.46. The Morgan fingerprint density at radius 2 is 2.05 bits per heavy atom. The van der Waals surface area contributed by atoms with Gasteiger partial charge in [-0.05, 0) is 17.7 Å². The summed E-state index contributed by atoms with van der Waals surface area (Å²) in [6.45, 7) is 0. The topological polar surface area (TPSA) is 42.9 Å². The molecular formula is C14H10Cl2N2OS2. The molecule has 1 aliphatic rings. The van der Waals surface area contributed by atoms with Crippen LogP contribution in [0.15, 0.2) is 34.6 Å². The first-order valence-electron chi connectivity index (χ1n) is 6.19. The molecule has 0 radical (unpaired) electrons. The molecule has 0 saturated heterocycles. The number of aromatic nitrogens is 2. The lowest BCUT2D eigenvalue weighted by Gasteiger charge is -2.13. The Morgan fingerprint density at radius 3 is 2.81 bits per heavy atom. The molecule has 1 aromatic carbocycles. The largest absolute Gasteiger partial charge is 0.298 e. The van der Waals surface area contributed by atoms with Crippen molar-refractivity contribution in [1.82, 2.24) is 9.97 Å². The highest BCUT2D eigenvalue weighted by Gasteiger charge is 2.18. The molecule has 0 unspecified atom stereocenters. The average Bonchev–Trinajstić information content (AvgIpc) is 2.47. The van der Waals surface area contributed by atoms with Crippen LogP contribution >= 0.6 is 46.7 Å². The normalized spacial score (nSPS) is 14.1. The van der Waals surface area contributed by atoms with E-state index < -0.39 is 0 Å². The zero-order valence-electron chi connectivity index (χ0n) is 10.8. The van der Waals surface area contributed by atoms with Crippen LogP contribution in [-0.4, -0.2) is 21.5 Å². The molecule has 0 fully saturated rings. The summed E-state index contributed by atoms with van der Waals surface area (Å²) in [5.41, 5.74) is 1.80. The number of rotatable bonds is 3. The maximum Gasteiger partial charge on any atom is 0.188 e. The highest BCUT2D eigenvalue weighted by Crippen LogP contribution is 2.32. The van der Waals surface area contributed by atoms with E-state index in [1.807, 2.05) is 18.2 Å². The Morgan fingerprint density at radius 1 is 1.29 bits per heavy atom. The van der Waals surface area contributed by atoms with Crippen molar-refractivity contribution in [3.05, 3.63) is 45.6 Å². The van der Waals surface area contributed by atoms with E-state index >= 15 is 0 Å². The van der Waals surface area contributed by atoms with Crippen LogP contribution < -0.4 is 0 Å². The number of Topliss-reactive ketones (excluding diaryl/α,β-unsaturated/α-hetero) is 1. The van der Waals surface area contributed by atoms with E-state index in [0.29, 0.717) is 33.1 Å². The predicted molar refractivity (Wildman–Crippen MR) is 87.5 cm³/mol. The number of benzene rings is 1. The van der Waals surface area contributed by atoms with Gasteiger partial charge in [-0.3, -0.25) is 4.79 Å². The third-order valence-corrected chi connectivity index (χ3v) is 5.66. The van der Waals surface area contributed by atoms with Gasteiger partial charge in [-0.15, -0.1) is 0 Å². The van der Waals surface area contributed by atoms with E-state index in [0.717, 1.165) is 16.2 Å². The fourth-order valence-electron chi connectivity index (χ4n) is 1.91. The molecule has 0 saturated carbocycles. The van der Waals surface area contributed by atoms with Gasteiger partial charge in [-0.1, -0.05) is 52.8 Å². The van der Waals surface area contributed by atoms with E-state index in [9.17, 15) is 4.79 Å². The second kappa shape index (κ2) is 6.57. The molecule has 2 aromatic rings. The smallest absolute Gasteiger partial charge is 0.188 e. The molecule has 1 aliphatic heterocycles. The molecule has 2 heterocycles. The summed E-state index contributed by atoms with van der Waals surface area (Å²) in [5.74, 6) is 1.32. The second-order valence-electron chi connectivity index (χ2n) is 4.48. The van der Waals surface area contributed by atoms with Crippen molar-refractivity contribution < 1.29 is 4.79 Å². The number of thioether (sulfide) groups is 2. The van der Waals surface area contributed by atoms with E-state index in [1.54, 1.807) is 6.20 Å². The van der Waals surface area contributed by atoms with Crippen molar-refractivity contribution in [2.24, 2.45) is 0 Å². The van der Waals surface area contributed by atoms with Crippen LogP contribution in [-0.2, 0) is 17.0 Å². The van der Waals surface area contributed by atoms with Crippen LogP contribution in [0.2, 0.25) is 10.0 Å². The van der Waals surface area contributed by atoms with Crippen molar-refractivity contribution in [2.45, 2.75) is 22.4 Å². The van der Waals surface area contributed by atoms with Gasteiger partial charge < -0.3 is 0 Å². The first-order valence-corrected chi connectivity index (χ1v) is 8.92. The molecule has 7 heteroatoms. The average molecular weight is 357 g/mol. The molecular weight excluding hydrogens is 347 g/mol. The van der Waals surface area contributed by atoms with Crippen LogP contribution in [0.1, 0.15) is 11.1 Å². The molecule has 0 spiro atoms. The number of carbonyl (C=O) groups excluding carboxylic acids is 1. The molecule has 3 rings (SSSR count). The molecule has 0 aliphatic carbocycles. The van der Waals surface area contributed by atoms with Gasteiger partial charge in [0.15, 0.2) is 5.16 Å². The summed E-state index contributed by atoms with van der Waals surface area (Å²) in [7, 11) is 0. The van der Waals surface area contributed by atoms with Crippen molar-refractivity contribution in [1.29, 1.82) is 0 Å². The standard InChI is InChI=1S/C14H10Cl2N2OS2/c15-11-2-1-3-12(16)10(11)7-21-14-17-5-8-4-9(19)6-20-13(8)18-14/h1-3,5H,4,6-7H2. The molecule has 108 valence electrons. The number of hydrogen-bond donors (Lipinski definition) is 0. The summed E-state index contributed by atoms with van der Waals surface area (Å²) in [6.07, 6.45) is 2.17. The van der Waals surface area contributed by atoms with Crippen LogP contribution in [0.5, 0.6) is 0 Å². The van der Waals surface area contributed by atoms with Crippen LogP contribution in [0, 0.1) is 0 Å². The number of nitrogens with zero attached hydrogens (tertiary/aromatic N) is 2. The minimum atomic E-state index is 0.222. The highest BCUT2D eigenvalue weighted by atomic mass is 35.5. The molecule has 3 nitrogen and oxygen atoms in total. The van der Waals surface area contributed by atoms with Gasteiger partial charge in [0.05, 0.1) is 5.75 Å². The third-order valence-electron chi connectivity index (χ3n) is 2.97. The fraction of sp³-hybridized carbons (Fsp3) is 0.214. The maximum absolute atomic E-state index is 11.4. The quantitative estimate of drug-likeness (QED) is 0.466. The van der Waals surface area contributed by atoms with Crippen molar-refractivity contribution in [3.63, 3.8) is 0 Å². The Kier molecular flexibility index (Phi) is 4.74. The maximum atomic E-state index is 11.4. The number of hydrogen-bond acceptors (Lipinski definition) is 5. The fourth-order valence-corrected chi connectivity index (χ4v) is 4.39. The molecule has 0 bridgehead atoms. The van der Waals surface area contributed by atoms with Gasteiger partial charge in [0.2, 0.25) is 0 Å². The van der Waals surface area contributed by atoms with Crippen LogP contribution in [0.25, 0.3) is 0 Å². The summed E-state index contributed by atoms with van der Waals surface area (Å²) < 4.78 is 0. The van der Waals surface area contributed by atoms with E-state index in [-0.39, 0.29) is 5.78 Å². The van der Waals surface area contributed by atoms with E-state index in [1.165, 1.54) is 23.5 Å². The van der Waals surface area contributed by atoms with Crippen molar-refractivity contribution >= 4 is 52.5 Å². The number of fused-ring (bicyclic) bond motifs is 1. The molecule has 0 N–H and O–H groups in total. The molecule has 1 aromatic heterocycles. The van der Waals surface area contributed by atoms with Gasteiger partial charge in [-0.25, -0.2) is 9.97 Å². The SMILES string of the molecule is O=C1CSc2nc(SCc3c(Cl)cccc3Cl)ncc2C1. The van der Waals surface area contributed by atoms with Gasteiger partial charge >= 0.3 is 0 Å². The van der Waals surface area contributed by atoms with Crippen molar-refractivity contribution in [2.75, 3.05) is 5.75 Å². The van der Waals surface area contributed by atoms with E-state index in [2.05, 4.69) is 9.97 Å². The van der Waals surface area contributed by atoms with Gasteiger partial charge in [-0.2, -0.15) is 0 Å². The first kappa shape index (κ1) is 15.2. The molecule has 0 amide bonds. The number of ketones is 1. The minimum Gasteiger partial charge on any atom is -0.298 e. The second-order valence-corrected chi connectivity index (χ2v) is 7.20. The van der Waals surface area contributed by atoms with Crippen molar-refractivity contribution in [3.8, 4) is 0 Å². The zero-order valence-corrected chi connectivity index (χ0v) is 14.0.